The number of hydrogen-bond acceptors (Lipinski definition) is 5. The third kappa shape index (κ3) is 4.85. The predicted octanol–water partition coefficient (Wildman–Crippen LogP) is 1.13. The Hall–Kier alpha value is -2.29. The van der Waals surface area contributed by atoms with E-state index < -0.39 is 6.04 Å². The van der Waals surface area contributed by atoms with Gasteiger partial charge in [0.15, 0.2) is 0 Å². The van der Waals surface area contributed by atoms with E-state index >= 15 is 0 Å². The first-order valence-electron chi connectivity index (χ1n) is 7.61. The lowest BCUT2D eigenvalue weighted by atomic mass is 10.2. The monoisotopic (exact) mass is 394 g/mol. The van der Waals surface area contributed by atoms with Crippen molar-refractivity contribution < 1.29 is 9.59 Å². The highest BCUT2D eigenvalue weighted by Crippen LogP contribution is 2.24. The lowest BCUT2D eigenvalue weighted by molar-refractivity contribution is -0.129. The fourth-order valence-corrected chi connectivity index (χ4v) is 2.41. The fraction of sp³-hybridized carbons (Fsp3) is 0.400. The van der Waals surface area contributed by atoms with Crippen LogP contribution in [-0.2, 0) is 16.1 Å². The van der Waals surface area contributed by atoms with Crippen molar-refractivity contribution in [3.63, 3.8) is 0 Å². The number of nitrogens with zero attached hydrogens (tertiary/aromatic N) is 4. The minimum atomic E-state index is -0.615. The lowest BCUT2D eigenvalue weighted by Gasteiger charge is -2.13. The second-order valence-electron chi connectivity index (χ2n) is 5.20. The van der Waals surface area contributed by atoms with E-state index in [2.05, 4.69) is 42.0 Å². The quantitative estimate of drug-likeness (QED) is 0.732. The zero-order valence-corrected chi connectivity index (χ0v) is 15.1. The lowest BCUT2D eigenvalue weighted by Crippen LogP contribution is -2.46. The largest absolute Gasteiger partial charge is 0.354 e. The van der Waals surface area contributed by atoms with E-state index in [1.165, 1.54) is 4.80 Å². The van der Waals surface area contributed by atoms with Crippen molar-refractivity contribution in [1.82, 2.24) is 30.8 Å². The van der Waals surface area contributed by atoms with Gasteiger partial charge in [-0.05, 0) is 30.7 Å². The molecule has 0 aliphatic heterocycles. The van der Waals surface area contributed by atoms with Crippen molar-refractivity contribution in [2.45, 2.75) is 32.9 Å². The van der Waals surface area contributed by atoms with Gasteiger partial charge in [-0.25, -0.2) is 0 Å². The van der Waals surface area contributed by atoms with Crippen LogP contribution in [0.1, 0.15) is 20.3 Å². The molecule has 0 aliphatic carbocycles. The molecular weight excluding hydrogens is 376 g/mol. The van der Waals surface area contributed by atoms with Crippen molar-refractivity contribution in [2.75, 3.05) is 6.54 Å². The highest BCUT2D eigenvalue weighted by atomic mass is 79.9. The van der Waals surface area contributed by atoms with Crippen molar-refractivity contribution >= 4 is 27.7 Å². The molecule has 0 fully saturated rings. The molecule has 1 atom stereocenters. The van der Waals surface area contributed by atoms with Gasteiger partial charge in [-0.15, -0.1) is 10.2 Å². The van der Waals surface area contributed by atoms with Crippen molar-refractivity contribution in [3.05, 3.63) is 28.7 Å². The molecular formula is C15H19BrN6O2. The fourth-order valence-electron chi connectivity index (χ4n) is 1.94. The molecule has 0 saturated carbocycles. The van der Waals surface area contributed by atoms with E-state index in [1.54, 1.807) is 6.92 Å². The highest BCUT2D eigenvalue weighted by molar-refractivity contribution is 9.10. The van der Waals surface area contributed by atoms with Crippen molar-refractivity contribution in [1.29, 1.82) is 0 Å². The van der Waals surface area contributed by atoms with Crippen LogP contribution in [-0.4, -0.2) is 44.6 Å². The summed E-state index contributed by atoms with van der Waals surface area (Å²) in [4.78, 5) is 24.9. The number of nitrogens with one attached hydrogen (secondary N) is 2. The molecule has 2 N–H and O–H groups in total. The molecule has 0 bridgehead atoms. The number of carbonyl (C=O) groups is 2. The van der Waals surface area contributed by atoms with E-state index in [0.717, 1.165) is 16.5 Å². The molecule has 9 heteroatoms. The molecule has 128 valence electrons. The molecule has 0 unspecified atom stereocenters. The topological polar surface area (TPSA) is 102 Å². The summed E-state index contributed by atoms with van der Waals surface area (Å²) in [6, 6.07) is 6.86. The Morgan fingerprint density at radius 1 is 1.33 bits per heavy atom. The van der Waals surface area contributed by atoms with Gasteiger partial charge in [0.2, 0.25) is 17.6 Å². The molecule has 1 aromatic heterocycles. The number of aromatic nitrogens is 4. The first kappa shape index (κ1) is 18.1. The Labute approximate surface area is 148 Å². The maximum absolute atomic E-state index is 12.0. The average Bonchev–Trinajstić information content (AvgIpc) is 3.00. The molecule has 0 spiro atoms. The summed E-state index contributed by atoms with van der Waals surface area (Å²) in [6.07, 6.45) is 0.840. The number of hydrogen-bond donors (Lipinski definition) is 2. The maximum Gasteiger partial charge on any atom is 0.244 e. The van der Waals surface area contributed by atoms with E-state index in [1.807, 2.05) is 31.2 Å². The third-order valence-electron chi connectivity index (χ3n) is 3.17. The number of tetrazole rings is 1. The number of rotatable bonds is 7. The van der Waals surface area contributed by atoms with Gasteiger partial charge >= 0.3 is 0 Å². The Morgan fingerprint density at radius 2 is 2.08 bits per heavy atom. The second-order valence-corrected chi connectivity index (χ2v) is 6.06. The van der Waals surface area contributed by atoms with Crippen LogP contribution in [0.25, 0.3) is 11.4 Å². The van der Waals surface area contributed by atoms with E-state index in [-0.39, 0.29) is 18.4 Å². The van der Waals surface area contributed by atoms with Gasteiger partial charge in [-0.1, -0.05) is 35.0 Å². The first-order chi connectivity index (χ1) is 11.5. The van der Waals surface area contributed by atoms with E-state index in [0.29, 0.717) is 12.4 Å². The summed E-state index contributed by atoms with van der Waals surface area (Å²) < 4.78 is 0.843. The number of amides is 2. The number of halogens is 1. The maximum atomic E-state index is 12.0. The van der Waals surface area contributed by atoms with Crippen LogP contribution in [0.15, 0.2) is 28.7 Å². The second kappa shape index (κ2) is 8.53. The Kier molecular flexibility index (Phi) is 6.42. The smallest absolute Gasteiger partial charge is 0.244 e. The van der Waals surface area contributed by atoms with Crippen molar-refractivity contribution in [2.24, 2.45) is 0 Å². The predicted molar refractivity (Wildman–Crippen MR) is 91.9 cm³/mol. The van der Waals surface area contributed by atoms with Gasteiger partial charge in [0, 0.05) is 16.6 Å². The normalized spacial score (nSPS) is 11.8. The molecule has 2 rings (SSSR count). The van der Waals surface area contributed by atoms with Gasteiger partial charge in [0.1, 0.15) is 12.6 Å². The van der Waals surface area contributed by atoms with Crippen LogP contribution < -0.4 is 10.6 Å². The number of carbonyl (C=O) groups excluding carboxylic acids is 2. The van der Waals surface area contributed by atoms with E-state index in [4.69, 9.17) is 0 Å². The van der Waals surface area contributed by atoms with Crippen LogP contribution in [0, 0.1) is 0 Å². The first-order valence-corrected chi connectivity index (χ1v) is 8.40. The summed E-state index contributed by atoms with van der Waals surface area (Å²) in [5, 5.41) is 17.3. The van der Waals surface area contributed by atoms with Crippen LogP contribution in [0.3, 0.4) is 0 Å². The van der Waals surface area contributed by atoms with Gasteiger partial charge in [0.05, 0.1) is 0 Å². The third-order valence-corrected chi connectivity index (χ3v) is 3.86. The summed E-state index contributed by atoms with van der Waals surface area (Å²) in [5.74, 6) is -0.153. The van der Waals surface area contributed by atoms with Crippen molar-refractivity contribution in [3.8, 4) is 11.4 Å². The van der Waals surface area contributed by atoms with Gasteiger partial charge in [0.25, 0.3) is 0 Å². The Bertz CT molecular complexity index is 717. The minimum absolute atomic E-state index is 0.108. The summed E-state index contributed by atoms with van der Waals surface area (Å²) in [6.45, 7) is 4.06. The van der Waals surface area contributed by atoms with Crippen LogP contribution in [0.4, 0.5) is 0 Å². The molecule has 0 saturated heterocycles. The molecule has 0 aliphatic rings. The highest BCUT2D eigenvalue weighted by Gasteiger charge is 2.16. The summed E-state index contributed by atoms with van der Waals surface area (Å²) >= 11 is 3.42. The molecule has 8 nitrogen and oxygen atoms in total. The SMILES string of the molecule is CCCNC(=O)[C@H](C)NC(=O)Cn1nnc(-c2ccccc2Br)n1. The number of benzene rings is 1. The zero-order valence-electron chi connectivity index (χ0n) is 13.5. The summed E-state index contributed by atoms with van der Waals surface area (Å²) in [5.41, 5.74) is 0.788. The Morgan fingerprint density at radius 3 is 2.79 bits per heavy atom. The van der Waals surface area contributed by atoms with Crippen LogP contribution >= 0.6 is 15.9 Å². The van der Waals surface area contributed by atoms with Gasteiger partial charge < -0.3 is 10.6 Å². The average molecular weight is 395 g/mol. The standard InChI is InChI=1S/C15H19BrN6O2/c1-3-8-17-15(24)10(2)18-13(23)9-22-20-14(19-21-22)11-6-4-5-7-12(11)16/h4-7,10H,3,8-9H2,1-2H3,(H,17,24)(H,18,23)/t10-/m0/s1. The zero-order chi connectivity index (χ0) is 17.5. The summed E-state index contributed by atoms with van der Waals surface area (Å²) in [7, 11) is 0. The van der Waals surface area contributed by atoms with Crippen LogP contribution in [0.5, 0.6) is 0 Å². The van der Waals surface area contributed by atoms with Gasteiger partial charge in [-0.2, -0.15) is 4.80 Å². The Balaban J connectivity index is 1.93. The molecule has 0 radical (unpaired) electrons. The van der Waals surface area contributed by atoms with Crippen LogP contribution in [0.2, 0.25) is 0 Å². The van der Waals surface area contributed by atoms with E-state index in [9.17, 15) is 9.59 Å². The molecule has 2 aromatic rings. The molecule has 1 heterocycles. The minimum Gasteiger partial charge on any atom is -0.354 e. The molecule has 24 heavy (non-hydrogen) atoms. The van der Waals surface area contributed by atoms with Gasteiger partial charge in [-0.3, -0.25) is 9.59 Å². The molecule has 1 aromatic carbocycles. The molecule has 2 amide bonds.